The second kappa shape index (κ2) is 12.3. The number of aromatic nitrogens is 5. The van der Waals surface area contributed by atoms with Crippen LogP contribution in [0.15, 0.2) is 175 Å². The smallest absolute Gasteiger partial charge is 0.159 e. The molecule has 244 valence electrons. The maximum Gasteiger partial charge on any atom is 0.159 e. The number of para-hydroxylation sites is 3. The van der Waals surface area contributed by atoms with Crippen molar-refractivity contribution in [1.82, 2.24) is 24.9 Å². The molecule has 0 aliphatic carbocycles. The number of hydrogen-bond donors (Lipinski definition) is 0. The highest BCUT2D eigenvalue weighted by atomic mass is 16.3. The summed E-state index contributed by atoms with van der Waals surface area (Å²) >= 11 is 0. The zero-order valence-corrected chi connectivity index (χ0v) is 27.8. The van der Waals surface area contributed by atoms with E-state index in [1.165, 1.54) is 0 Å². The van der Waals surface area contributed by atoms with Gasteiger partial charge in [0.05, 0.1) is 16.7 Å². The molecule has 0 spiro atoms. The van der Waals surface area contributed by atoms with Gasteiger partial charge >= 0.3 is 0 Å². The molecule has 10 aromatic rings. The molecular formula is C45H28N6O. The van der Waals surface area contributed by atoms with Crippen molar-refractivity contribution in [2.24, 2.45) is 0 Å². The molecule has 0 N–H and O–H groups in total. The molecule has 7 heteroatoms. The lowest BCUT2D eigenvalue weighted by Crippen LogP contribution is -2.10. The third-order valence-electron chi connectivity index (χ3n) is 9.43. The Hall–Kier alpha value is -7.25. The van der Waals surface area contributed by atoms with Crippen molar-refractivity contribution in [3.05, 3.63) is 170 Å². The Labute approximate surface area is 298 Å². The van der Waals surface area contributed by atoms with Crippen LogP contribution in [0.1, 0.15) is 0 Å². The quantitative estimate of drug-likeness (QED) is 0.174. The minimum absolute atomic E-state index is 0.690. The van der Waals surface area contributed by atoms with Crippen LogP contribution in [0.3, 0.4) is 0 Å². The van der Waals surface area contributed by atoms with Gasteiger partial charge in [-0.25, -0.2) is 19.9 Å². The van der Waals surface area contributed by atoms with E-state index in [0.29, 0.717) is 11.6 Å². The van der Waals surface area contributed by atoms with Crippen LogP contribution in [0.25, 0.3) is 77.8 Å². The zero-order chi connectivity index (χ0) is 34.4. The molecule has 4 aromatic heterocycles. The predicted octanol–water partition coefficient (Wildman–Crippen LogP) is 11.3. The average molecular weight is 669 g/mol. The van der Waals surface area contributed by atoms with Crippen LogP contribution in [0.2, 0.25) is 0 Å². The number of furan rings is 1. The number of nitrogens with zero attached hydrogens (tertiary/aromatic N) is 6. The average Bonchev–Trinajstić information content (AvgIpc) is 3.59. The van der Waals surface area contributed by atoms with Crippen molar-refractivity contribution in [2.45, 2.75) is 0 Å². The molecule has 0 atom stereocenters. The van der Waals surface area contributed by atoms with Crippen LogP contribution >= 0.6 is 0 Å². The molecule has 7 nitrogen and oxygen atoms in total. The lowest BCUT2D eigenvalue weighted by atomic mass is 10.1. The van der Waals surface area contributed by atoms with Gasteiger partial charge in [-0.15, -0.1) is 0 Å². The van der Waals surface area contributed by atoms with Gasteiger partial charge in [0, 0.05) is 80.0 Å². The second-order valence-electron chi connectivity index (χ2n) is 12.6. The van der Waals surface area contributed by atoms with Crippen LogP contribution in [0, 0.1) is 0 Å². The van der Waals surface area contributed by atoms with Crippen molar-refractivity contribution >= 4 is 60.8 Å². The van der Waals surface area contributed by atoms with Crippen LogP contribution in [0.4, 0.5) is 17.1 Å². The molecule has 4 heterocycles. The molecule has 0 radical (unpaired) electrons. The highest BCUT2D eigenvalue weighted by Gasteiger charge is 2.16. The molecule has 0 amide bonds. The molecule has 0 saturated carbocycles. The molecule has 10 rings (SSSR count). The third kappa shape index (κ3) is 5.28. The number of benzene rings is 6. The Morgan fingerprint density at radius 2 is 0.904 bits per heavy atom. The van der Waals surface area contributed by atoms with Gasteiger partial charge in [0.1, 0.15) is 11.2 Å². The largest absolute Gasteiger partial charge is 0.456 e. The van der Waals surface area contributed by atoms with Crippen molar-refractivity contribution in [3.8, 4) is 34.0 Å². The summed E-state index contributed by atoms with van der Waals surface area (Å²) in [6.45, 7) is 0. The lowest BCUT2D eigenvalue weighted by molar-refractivity contribution is 0.668. The first-order valence-electron chi connectivity index (χ1n) is 17.1. The van der Waals surface area contributed by atoms with E-state index in [1.54, 1.807) is 0 Å². The predicted molar refractivity (Wildman–Crippen MR) is 209 cm³/mol. The fourth-order valence-corrected chi connectivity index (χ4v) is 6.75. The van der Waals surface area contributed by atoms with Gasteiger partial charge < -0.3 is 9.32 Å². The van der Waals surface area contributed by atoms with E-state index in [0.717, 1.165) is 83.2 Å². The first-order chi connectivity index (χ1) is 25.7. The maximum absolute atomic E-state index is 6.15. The van der Waals surface area contributed by atoms with Crippen LogP contribution in [0.5, 0.6) is 0 Å². The van der Waals surface area contributed by atoms with E-state index >= 15 is 0 Å². The van der Waals surface area contributed by atoms with E-state index < -0.39 is 0 Å². The topological polar surface area (TPSA) is 80.8 Å². The molecule has 0 saturated heterocycles. The van der Waals surface area contributed by atoms with Crippen molar-refractivity contribution in [2.75, 3.05) is 4.90 Å². The van der Waals surface area contributed by atoms with E-state index in [4.69, 9.17) is 19.4 Å². The summed E-state index contributed by atoms with van der Waals surface area (Å²) in [4.78, 5) is 26.0. The van der Waals surface area contributed by atoms with Crippen molar-refractivity contribution in [3.63, 3.8) is 0 Å². The minimum Gasteiger partial charge on any atom is -0.456 e. The van der Waals surface area contributed by atoms with E-state index in [-0.39, 0.29) is 0 Å². The molecule has 6 aromatic carbocycles. The van der Waals surface area contributed by atoms with Gasteiger partial charge in [0.25, 0.3) is 0 Å². The minimum atomic E-state index is 0.690. The van der Waals surface area contributed by atoms with Gasteiger partial charge in [-0.1, -0.05) is 66.7 Å². The summed E-state index contributed by atoms with van der Waals surface area (Å²) in [5.74, 6) is 1.38. The fourth-order valence-electron chi connectivity index (χ4n) is 6.75. The number of anilines is 3. The second-order valence-corrected chi connectivity index (χ2v) is 12.6. The molecule has 0 bridgehead atoms. The lowest BCUT2D eigenvalue weighted by Gasteiger charge is -2.26. The normalized spacial score (nSPS) is 11.5. The standard InChI is InChI=1S/C45H28N6O/c1-4-10-39-32(7-1)26-47-44(49-39)30-15-21-35(22-16-30)51(36-23-17-31(18-24-36)45-48-27-33-8-2-5-11-40(33)50-45)34-19-13-29(14-20-34)41-25-43-38(28-46-41)37-9-3-6-12-42(37)52-43/h1-28H. The van der Waals surface area contributed by atoms with Crippen molar-refractivity contribution in [1.29, 1.82) is 0 Å². The monoisotopic (exact) mass is 668 g/mol. The van der Waals surface area contributed by atoms with Gasteiger partial charge in [-0.2, -0.15) is 0 Å². The number of hydrogen-bond acceptors (Lipinski definition) is 7. The highest BCUT2D eigenvalue weighted by molar-refractivity contribution is 6.05. The Morgan fingerprint density at radius 1 is 0.404 bits per heavy atom. The molecule has 0 unspecified atom stereocenters. The number of pyridine rings is 1. The summed E-state index contributed by atoms with van der Waals surface area (Å²) in [6.07, 6.45) is 5.65. The van der Waals surface area contributed by atoms with E-state index in [9.17, 15) is 0 Å². The Kier molecular flexibility index (Phi) is 6.99. The first kappa shape index (κ1) is 29.6. The Balaban J connectivity index is 1.02. The zero-order valence-electron chi connectivity index (χ0n) is 27.8. The molecule has 0 fully saturated rings. The number of rotatable bonds is 6. The van der Waals surface area contributed by atoms with Crippen LogP contribution < -0.4 is 4.90 Å². The Bertz CT molecular complexity index is 2780. The van der Waals surface area contributed by atoms with Gasteiger partial charge in [-0.05, 0) is 78.9 Å². The Morgan fingerprint density at radius 3 is 1.48 bits per heavy atom. The molecular weight excluding hydrogens is 641 g/mol. The summed E-state index contributed by atoms with van der Waals surface area (Å²) in [7, 11) is 0. The van der Waals surface area contributed by atoms with Crippen LogP contribution in [-0.4, -0.2) is 24.9 Å². The van der Waals surface area contributed by atoms with E-state index in [1.807, 2.05) is 91.4 Å². The summed E-state index contributed by atoms with van der Waals surface area (Å²) < 4.78 is 6.15. The molecule has 52 heavy (non-hydrogen) atoms. The third-order valence-corrected chi connectivity index (χ3v) is 9.43. The highest BCUT2D eigenvalue weighted by Crippen LogP contribution is 2.38. The van der Waals surface area contributed by atoms with Crippen LogP contribution in [-0.2, 0) is 0 Å². The van der Waals surface area contributed by atoms with E-state index in [2.05, 4.69) is 93.7 Å². The summed E-state index contributed by atoms with van der Waals surface area (Å²) in [5, 5.41) is 4.11. The molecule has 0 aliphatic heterocycles. The SMILES string of the molecule is c1ccc2nc(-c3ccc(N(c4ccc(-c5cc6oc7ccccc7c6cn5)cc4)c4ccc(-c5ncc6ccccc6n5)cc4)cc3)ncc2c1. The van der Waals surface area contributed by atoms with Gasteiger partial charge in [-0.3, -0.25) is 4.98 Å². The fraction of sp³-hybridized carbons (Fsp3) is 0. The summed E-state index contributed by atoms with van der Waals surface area (Å²) in [6, 6.07) is 51.3. The summed E-state index contributed by atoms with van der Waals surface area (Å²) in [5.41, 5.74) is 10.2. The maximum atomic E-state index is 6.15. The number of fused-ring (bicyclic) bond motifs is 5. The van der Waals surface area contributed by atoms with Gasteiger partial charge in [0.2, 0.25) is 0 Å². The molecule has 0 aliphatic rings. The van der Waals surface area contributed by atoms with Crippen molar-refractivity contribution < 1.29 is 4.42 Å². The first-order valence-corrected chi connectivity index (χ1v) is 17.1. The van der Waals surface area contributed by atoms with Gasteiger partial charge in [0.15, 0.2) is 11.6 Å².